The fourth-order valence-electron chi connectivity index (χ4n) is 1.78. The van der Waals surface area contributed by atoms with Crippen molar-refractivity contribution in [2.45, 2.75) is 53.0 Å². The predicted octanol–water partition coefficient (Wildman–Crippen LogP) is 1.60. The first kappa shape index (κ1) is 17.4. The van der Waals surface area contributed by atoms with Gasteiger partial charge in [-0.25, -0.2) is 0 Å². The number of unbranched alkanes of at least 4 members (excludes halogenated alkanes) is 1. The minimum absolute atomic E-state index is 0.106. The van der Waals surface area contributed by atoms with E-state index in [1.54, 1.807) is 0 Å². The summed E-state index contributed by atoms with van der Waals surface area (Å²) < 4.78 is 0. The van der Waals surface area contributed by atoms with Gasteiger partial charge in [0, 0.05) is 6.04 Å². The van der Waals surface area contributed by atoms with Gasteiger partial charge in [-0.05, 0) is 52.2 Å². The van der Waals surface area contributed by atoms with Gasteiger partial charge >= 0.3 is 0 Å². The van der Waals surface area contributed by atoms with Gasteiger partial charge in [-0.1, -0.05) is 20.3 Å². The van der Waals surface area contributed by atoms with Crippen molar-refractivity contribution < 1.29 is 4.79 Å². The maximum Gasteiger partial charge on any atom is 0.234 e. The summed E-state index contributed by atoms with van der Waals surface area (Å²) in [6.07, 6.45) is 3.44. The number of carbonyl (C=O) groups excluding carboxylic acids is 1. The minimum atomic E-state index is 0.106. The smallest absolute Gasteiger partial charge is 0.234 e. The predicted molar refractivity (Wildman–Crippen MR) is 77.5 cm³/mol. The van der Waals surface area contributed by atoms with E-state index in [9.17, 15) is 4.79 Å². The average Bonchev–Trinajstić information content (AvgIpc) is 2.23. The number of hydrogen-bond acceptors (Lipinski definition) is 3. The molecule has 0 saturated carbocycles. The summed E-state index contributed by atoms with van der Waals surface area (Å²) in [6, 6.07) is 0.219. The Hall–Kier alpha value is -0.610. The zero-order valence-corrected chi connectivity index (χ0v) is 12.8. The lowest BCUT2D eigenvalue weighted by Crippen LogP contribution is -2.38. The highest BCUT2D eigenvalue weighted by molar-refractivity contribution is 5.78. The summed E-state index contributed by atoms with van der Waals surface area (Å²) in [5.41, 5.74) is 5.94. The molecule has 0 atom stereocenters. The van der Waals surface area contributed by atoms with Crippen LogP contribution in [0.5, 0.6) is 0 Å². The first-order chi connectivity index (χ1) is 8.26. The molecule has 0 saturated heterocycles. The molecule has 3 N–H and O–H groups in total. The summed E-state index contributed by atoms with van der Waals surface area (Å²) in [7, 11) is 1.99. The van der Waals surface area contributed by atoms with Crippen molar-refractivity contribution in [2.24, 2.45) is 11.1 Å². The summed E-state index contributed by atoms with van der Waals surface area (Å²) in [4.78, 5) is 13.6. The quantitative estimate of drug-likeness (QED) is 0.617. The molecule has 0 bridgehead atoms. The van der Waals surface area contributed by atoms with Crippen LogP contribution in [0.4, 0.5) is 0 Å². The van der Waals surface area contributed by atoms with Crippen LogP contribution >= 0.6 is 0 Å². The van der Waals surface area contributed by atoms with Crippen LogP contribution in [0, 0.1) is 5.41 Å². The van der Waals surface area contributed by atoms with Crippen molar-refractivity contribution in [1.29, 1.82) is 0 Å². The Morgan fingerprint density at radius 1 is 1.33 bits per heavy atom. The highest BCUT2D eigenvalue weighted by Crippen LogP contribution is 2.21. The van der Waals surface area contributed by atoms with Gasteiger partial charge in [-0.15, -0.1) is 0 Å². The molecule has 0 aliphatic heterocycles. The molecule has 0 aromatic carbocycles. The Bertz CT molecular complexity index is 239. The van der Waals surface area contributed by atoms with Crippen molar-refractivity contribution in [1.82, 2.24) is 10.2 Å². The van der Waals surface area contributed by atoms with E-state index in [-0.39, 0.29) is 17.4 Å². The summed E-state index contributed by atoms with van der Waals surface area (Å²) >= 11 is 0. The van der Waals surface area contributed by atoms with Gasteiger partial charge in [0.1, 0.15) is 0 Å². The molecule has 0 aromatic heterocycles. The molecule has 0 heterocycles. The van der Waals surface area contributed by atoms with Gasteiger partial charge in [0.15, 0.2) is 0 Å². The second-order valence-electron chi connectivity index (χ2n) is 6.29. The molecule has 0 aliphatic carbocycles. The number of nitrogens with zero attached hydrogens (tertiary/aromatic N) is 1. The van der Waals surface area contributed by atoms with Gasteiger partial charge in [-0.3, -0.25) is 9.69 Å². The zero-order chi connectivity index (χ0) is 14.2. The van der Waals surface area contributed by atoms with Crippen molar-refractivity contribution in [2.75, 3.05) is 26.7 Å². The number of amides is 1. The summed E-state index contributed by atoms with van der Waals surface area (Å²) in [5.74, 6) is 0.106. The lowest BCUT2D eigenvalue weighted by Gasteiger charge is -2.23. The van der Waals surface area contributed by atoms with Gasteiger partial charge in [-0.2, -0.15) is 0 Å². The SMILES string of the molecule is CC(C)NC(=O)CN(C)CCCCC(C)(C)CN. The van der Waals surface area contributed by atoms with E-state index in [2.05, 4.69) is 24.1 Å². The lowest BCUT2D eigenvalue weighted by atomic mass is 9.87. The topological polar surface area (TPSA) is 58.4 Å². The van der Waals surface area contributed by atoms with Gasteiger partial charge in [0.25, 0.3) is 0 Å². The first-order valence-corrected chi connectivity index (χ1v) is 6.95. The second-order valence-corrected chi connectivity index (χ2v) is 6.29. The molecule has 0 fully saturated rings. The van der Waals surface area contributed by atoms with Gasteiger partial charge < -0.3 is 11.1 Å². The van der Waals surface area contributed by atoms with Crippen LogP contribution in [-0.4, -0.2) is 43.5 Å². The van der Waals surface area contributed by atoms with Crippen molar-refractivity contribution in [3.05, 3.63) is 0 Å². The van der Waals surface area contributed by atoms with Crippen LogP contribution < -0.4 is 11.1 Å². The number of likely N-dealkylation sites (N-methyl/N-ethyl adjacent to an activating group) is 1. The zero-order valence-electron chi connectivity index (χ0n) is 12.8. The molecule has 0 aliphatic rings. The molecule has 0 radical (unpaired) electrons. The molecule has 108 valence electrons. The van der Waals surface area contributed by atoms with E-state index in [0.717, 1.165) is 25.9 Å². The third-order valence-electron chi connectivity index (χ3n) is 3.06. The maximum absolute atomic E-state index is 11.5. The molecule has 0 rings (SSSR count). The van der Waals surface area contributed by atoms with Crippen LogP contribution in [0.3, 0.4) is 0 Å². The summed E-state index contributed by atoms with van der Waals surface area (Å²) in [6.45, 7) is 10.5. The third-order valence-corrected chi connectivity index (χ3v) is 3.06. The molecule has 4 nitrogen and oxygen atoms in total. The Kier molecular flexibility index (Phi) is 8.20. The maximum atomic E-state index is 11.5. The fraction of sp³-hybridized carbons (Fsp3) is 0.929. The van der Waals surface area contributed by atoms with Crippen LogP contribution in [0.15, 0.2) is 0 Å². The molecule has 4 heteroatoms. The molecule has 0 unspecified atom stereocenters. The van der Waals surface area contributed by atoms with E-state index < -0.39 is 0 Å². The number of nitrogens with two attached hydrogens (primary N) is 1. The number of rotatable bonds is 9. The highest BCUT2D eigenvalue weighted by atomic mass is 16.2. The van der Waals surface area contributed by atoms with Crippen LogP contribution in [0.1, 0.15) is 47.0 Å². The van der Waals surface area contributed by atoms with Crippen molar-refractivity contribution in [3.63, 3.8) is 0 Å². The van der Waals surface area contributed by atoms with E-state index >= 15 is 0 Å². The largest absolute Gasteiger partial charge is 0.353 e. The molecular weight excluding hydrogens is 226 g/mol. The molecule has 0 aromatic rings. The lowest BCUT2D eigenvalue weighted by molar-refractivity contribution is -0.122. The normalized spacial score (nSPS) is 12.2. The van der Waals surface area contributed by atoms with E-state index in [0.29, 0.717) is 6.54 Å². The third kappa shape index (κ3) is 9.42. The minimum Gasteiger partial charge on any atom is -0.353 e. The Labute approximate surface area is 112 Å². The second kappa shape index (κ2) is 8.48. The van der Waals surface area contributed by atoms with Crippen molar-refractivity contribution in [3.8, 4) is 0 Å². The monoisotopic (exact) mass is 257 g/mol. The van der Waals surface area contributed by atoms with Gasteiger partial charge in [0.05, 0.1) is 6.54 Å². The van der Waals surface area contributed by atoms with Crippen molar-refractivity contribution >= 4 is 5.91 Å². The van der Waals surface area contributed by atoms with Gasteiger partial charge in [0.2, 0.25) is 5.91 Å². The molecule has 18 heavy (non-hydrogen) atoms. The standard InChI is InChI=1S/C14H31N3O/c1-12(2)16-13(18)10-17(5)9-7-6-8-14(3,4)11-15/h12H,6-11,15H2,1-5H3,(H,16,18). The average molecular weight is 257 g/mol. The van der Waals surface area contributed by atoms with E-state index in [1.807, 2.05) is 20.9 Å². The van der Waals surface area contributed by atoms with Crippen LogP contribution in [0.25, 0.3) is 0 Å². The first-order valence-electron chi connectivity index (χ1n) is 6.95. The fourth-order valence-corrected chi connectivity index (χ4v) is 1.78. The number of nitrogens with one attached hydrogen (secondary N) is 1. The molecule has 0 spiro atoms. The molecular formula is C14H31N3O. The number of carbonyl (C=O) groups is 1. The van der Waals surface area contributed by atoms with Crippen LogP contribution in [0.2, 0.25) is 0 Å². The van der Waals surface area contributed by atoms with Crippen LogP contribution in [-0.2, 0) is 4.79 Å². The Morgan fingerprint density at radius 2 is 1.94 bits per heavy atom. The Balaban J connectivity index is 3.65. The van der Waals surface area contributed by atoms with E-state index in [1.165, 1.54) is 6.42 Å². The highest BCUT2D eigenvalue weighted by Gasteiger charge is 2.14. The molecule has 1 amide bonds. The Morgan fingerprint density at radius 3 is 2.44 bits per heavy atom. The summed E-state index contributed by atoms with van der Waals surface area (Å²) in [5, 5.41) is 2.90. The van der Waals surface area contributed by atoms with E-state index in [4.69, 9.17) is 5.73 Å². The number of hydrogen-bond donors (Lipinski definition) is 2.